The first kappa shape index (κ1) is 16.2. The van der Waals surface area contributed by atoms with Gasteiger partial charge in [-0.1, -0.05) is 18.2 Å². The lowest BCUT2D eigenvalue weighted by Gasteiger charge is -2.21. The molecule has 0 spiro atoms. The highest BCUT2D eigenvalue weighted by atomic mass is 16.2. The molecule has 0 aliphatic carbocycles. The van der Waals surface area contributed by atoms with Gasteiger partial charge >= 0.3 is 0 Å². The number of aromatic nitrogens is 2. The van der Waals surface area contributed by atoms with E-state index in [-0.39, 0.29) is 0 Å². The van der Waals surface area contributed by atoms with Gasteiger partial charge < -0.3 is 14.4 Å². The number of carbonyl (C=O) groups excluding carboxylic acids is 1. The van der Waals surface area contributed by atoms with Crippen LogP contribution in [0.1, 0.15) is 37.2 Å². The Hall–Kier alpha value is -2.30. The van der Waals surface area contributed by atoms with Crippen molar-refractivity contribution in [1.82, 2.24) is 14.5 Å². The molecule has 1 fully saturated rings. The highest BCUT2D eigenvalue weighted by Gasteiger charge is 2.29. The maximum atomic E-state index is 11.9. The van der Waals surface area contributed by atoms with Crippen molar-refractivity contribution >= 4 is 11.6 Å². The fourth-order valence-corrected chi connectivity index (χ4v) is 4.16. The summed E-state index contributed by atoms with van der Waals surface area (Å²) < 4.78 is 2.14. The first-order valence-electron chi connectivity index (χ1n) is 9.38. The number of anilines is 1. The van der Waals surface area contributed by atoms with Gasteiger partial charge in [-0.15, -0.1) is 0 Å². The zero-order valence-corrected chi connectivity index (χ0v) is 14.7. The van der Waals surface area contributed by atoms with Gasteiger partial charge in [0.25, 0.3) is 0 Å². The molecule has 0 radical (unpaired) electrons. The van der Waals surface area contributed by atoms with Crippen LogP contribution in [-0.4, -0.2) is 46.5 Å². The first-order valence-corrected chi connectivity index (χ1v) is 9.38. The molecule has 2 aliphatic heterocycles. The van der Waals surface area contributed by atoms with E-state index in [4.69, 9.17) is 0 Å². The molecule has 1 saturated heterocycles. The predicted octanol–water partition coefficient (Wildman–Crippen LogP) is 2.89. The number of fused-ring (bicyclic) bond motifs is 1. The van der Waals surface area contributed by atoms with Crippen LogP contribution in [0.3, 0.4) is 0 Å². The second-order valence-corrected chi connectivity index (χ2v) is 7.13. The number of rotatable bonds is 7. The summed E-state index contributed by atoms with van der Waals surface area (Å²) >= 11 is 0. The van der Waals surface area contributed by atoms with E-state index >= 15 is 0 Å². The van der Waals surface area contributed by atoms with E-state index in [0.29, 0.717) is 11.8 Å². The number of likely N-dealkylation sites (tertiary alicyclic amines) is 1. The van der Waals surface area contributed by atoms with Crippen LogP contribution in [0.5, 0.6) is 0 Å². The maximum absolute atomic E-state index is 11.9. The minimum absolute atomic E-state index is 0.337. The van der Waals surface area contributed by atoms with Gasteiger partial charge in [0.1, 0.15) is 0 Å². The molecule has 1 aromatic heterocycles. The summed E-state index contributed by atoms with van der Waals surface area (Å²) in [6.07, 6.45) is 9.69. The monoisotopic (exact) mass is 338 g/mol. The molecule has 2 aromatic rings. The van der Waals surface area contributed by atoms with Gasteiger partial charge in [-0.05, 0) is 30.9 Å². The third-order valence-corrected chi connectivity index (χ3v) is 5.48. The highest BCUT2D eigenvalue weighted by molar-refractivity contribution is 5.78. The van der Waals surface area contributed by atoms with E-state index in [9.17, 15) is 4.79 Å². The second kappa shape index (κ2) is 7.30. The molecular formula is C20H26N4O. The third-order valence-electron chi connectivity index (χ3n) is 5.48. The summed E-state index contributed by atoms with van der Waals surface area (Å²) in [7, 11) is 0. The van der Waals surface area contributed by atoms with E-state index in [1.165, 1.54) is 11.3 Å². The van der Waals surface area contributed by atoms with Crippen LogP contribution in [0.25, 0.3) is 0 Å². The fraction of sp³-hybridized carbons (Fsp3) is 0.500. The van der Waals surface area contributed by atoms with Crippen molar-refractivity contribution in [3.05, 3.63) is 48.5 Å². The highest BCUT2D eigenvalue weighted by Crippen LogP contribution is 2.38. The molecule has 0 bridgehead atoms. The van der Waals surface area contributed by atoms with Crippen molar-refractivity contribution in [2.45, 2.75) is 38.1 Å². The van der Waals surface area contributed by atoms with Crippen molar-refractivity contribution in [1.29, 1.82) is 0 Å². The lowest BCUT2D eigenvalue weighted by molar-refractivity contribution is -0.127. The molecule has 5 nitrogen and oxygen atoms in total. The zero-order valence-electron chi connectivity index (χ0n) is 14.7. The number of hydrogen-bond donors (Lipinski definition) is 0. The number of nitrogens with zero attached hydrogens (tertiary/aromatic N) is 4. The molecular weight excluding hydrogens is 312 g/mol. The summed E-state index contributed by atoms with van der Waals surface area (Å²) in [5.41, 5.74) is 2.84. The van der Waals surface area contributed by atoms with Crippen LogP contribution in [0.15, 0.2) is 43.0 Å². The quantitative estimate of drug-likeness (QED) is 0.779. The SMILES string of the molecule is O=C1CCCN1CCC1CN(CCCn2ccnc2)c2ccccc21. The third kappa shape index (κ3) is 3.55. The fourth-order valence-electron chi connectivity index (χ4n) is 4.16. The minimum Gasteiger partial charge on any atom is -0.371 e. The van der Waals surface area contributed by atoms with Crippen molar-refractivity contribution < 1.29 is 4.79 Å². The topological polar surface area (TPSA) is 41.4 Å². The van der Waals surface area contributed by atoms with Crippen molar-refractivity contribution in [3.63, 3.8) is 0 Å². The summed E-state index contributed by atoms with van der Waals surface area (Å²) in [5.74, 6) is 0.876. The van der Waals surface area contributed by atoms with Gasteiger partial charge in [-0.25, -0.2) is 4.98 Å². The molecule has 25 heavy (non-hydrogen) atoms. The van der Waals surface area contributed by atoms with Crippen LogP contribution in [0.4, 0.5) is 5.69 Å². The molecule has 132 valence electrons. The number of hydrogen-bond acceptors (Lipinski definition) is 3. The Labute approximate surface area is 149 Å². The van der Waals surface area contributed by atoms with Gasteiger partial charge in [0.05, 0.1) is 6.33 Å². The molecule has 1 unspecified atom stereocenters. The summed E-state index contributed by atoms with van der Waals surface area (Å²) in [6.45, 7) is 4.99. The molecule has 1 aromatic carbocycles. The average Bonchev–Trinajstić information content (AvgIpc) is 3.35. The van der Waals surface area contributed by atoms with E-state index in [1.807, 2.05) is 23.6 Å². The number of imidazole rings is 1. The predicted molar refractivity (Wildman–Crippen MR) is 98.7 cm³/mol. The van der Waals surface area contributed by atoms with Crippen molar-refractivity contribution in [3.8, 4) is 0 Å². The van der Waals surface area contributed by atoms with Crippen LogP contribution in [0, 0.1) is 0 Å². The smallest absolute Gasteiger partial charge is 0.222 e. The molecule has 0 saturated carbocycles. The number of benzene rings is 1. The van der Waals surface area contributed by atoms with E-state index in [1.54, 1.807) is 0 Å². The van der Waals surface area contributed by atoms with Gasteiger partial charge in [-0.3, -0.25) is 4.79 Å². The standard InChI is InChI=1S/C20H26N4O/c25-20-7-3-11-23(20)13-8-17-15-24(19-6-2-1-5-18(17)19)12-4-10-22-14-9-21-16-22/h1-2,5-6,9,14,16-17H,3-4,7-8,10-13,15H2. The lowest BCUT2D eigenvalue weighted by atomic mass is 9.98. The van der Waals surface area contributed by atoms with Crippen molar-refractivity contribution in [2.24, 2.45) is 0 Å². The first-order chi connectivity index (χ1) is 12.3. The Morgan fingerprint density at radius 3 is 2.84 bits per heavy atom. The number of aryl methyl sites for hydroxylation is 1. The van der Waals surface area contributed by atoms with Crippen molar-refractivity contribution in [2.75, 3.05) is 31.1 Å². The average molecular weight is 338 g/mol. The molecule has 1 atom stereocenters. The zero-order chi connectivity index (χ0) is 17.1. The number of para-hydroxylation sites is 1. The molecule has 5 heteroatoms. The second-order valence-electron chi connectivity index (χ2n) is 7.13. The van der Waals surface area contributed by atoms with Crippen LogP contribution < -0.4 is 4.90 Å². The van der Waals surface area contributed by atoms with Gasteiger partial charge in [0, 0.05) is 63.1 Å². The van der Waals surface area contributed by atoms with Crippen LogP contribution >= 0.6 is 0 Å². The van der Waals surface area contributed by atoms with Gasteiger partial charge in [0.15, 0.2) is 0 Å². The van der Waals surface area contributed by atoms with Crippen LogP contribution in [-0.2, 0) is 11.3 Å². The minimum atomic E-state index is 0.337. The summed E-state index contributed by atoms with van der Waals surface area (Å²) in [6, 6.07) is 8.78. The maximum Gasteiger partial charge on any atom is 0.222 e. The molecule has 3 heterocycles. The molecule has 1 amide bonds. The van der Waals surface area contributed by atoms with E-state index in [2.05, 4.69) is 38.7 Å². The van der Waals surface area contributed by atoms with Gasteiger partial charge in [-0.2, -0.15) is 0 Å². The Balaban J connectivity index is 1.36. The molecule has 2 aliphatic rings. The molecule has 0 N–H and O–H groups in total. The number of carbonyl (C=O) groups is 1. The largest absolute Gasteiger partial charge is 0.371 e. The summed E-state index contributed by atoms with van der Waals surface area (Å²) in [4.78, 5) is 20.5. The van der Waals surface area contributed by atoms with Gasteiger partial charge in [0.2, 0.25) is 5.91 Å². The Bertz CT molecular complexity index is 712. The lowest BCUT2D eigenvalue weighted by Crippen LogP contribution is -2.28. The Kier molecular flexibility index (Phi) is 4.72. The molecule has 4 rings (SSSR count). The normalized spacial score (nSPS) is 19.7. The van der Waals surface area contributed by atoms with E-state index < -0.39 is 0 Å². The Morgan fingerprint density at radius 1 is 1.12 bits per heavy atom. The number of amides is 1. The summed E-state index contributed by atoms with van der Waals surface area (Å²) in [5, 5.41) is 0. The Morgan fingerprint density at radius 2 is 2.04 bits per heavy atom. The van der Waals surface area contributed by atoms with E-state index in [0.717, 1.165) is 58.4 Å². The van der Waals surface area contributed by atoms with Crippen LogP contribution in [0.2, 0.25) is 0 Å².